The molecule has 0 bridgehead atoms. The summed E-state index contributed by atoms with van der Waals surface area (Å²) in [5.74, 6) is 0. The van der Waals surface area contributed by atoms with Crippen LogP contribution >= 0.6 is 27.3 Å². The molecule has 0 spiro atoms. The Morgan fingerprint density at radius 3 is 2.82 bits per heavy atom. The summed E-state index contributed by atoms with van der Waals surface area (Å²) in [5, 5.41) is 3.46. The van der Waals surface area contributed by atoms with Gasteiger partial charge in [0.2, 0.25) is 0 Å². The first-order chi connectivity index (χ1) is 5.29. The molecule has 0 fully saturated rings. The summed E-state index contributed by atoms with van der Waals surface area (Å²) in [7, 11) is 0. The van der Waals surface area contributed by atoms with Gasteiger partial charge >= 0.3 is 0 Å². The largest absolute Gasteiger partial charge is 0.143 e. The van der Waals surface area contributed by atoms with Gasteiger partial charge in [0.1, 0.15) is 0 Å². The van der Waals surface area contributed by atoms with Crippen molar-refractivity contribution in [1.82, 2.24) is 0 Å². The zero-order valence-electron chi connectivity index (χ0n) is 6.10. The van der Waals surface area contributed by atoms with E-state index in [1.54, 1.807) is 11.3 Å². The predicted octanol–water partition coefficient (Wildman–Crippen LogP) is 3.97. The Bertz CT molecular complexity index is 353. The minimum Gasteiger partial charge on any atom is -0.143 e. The zero-order chi connectivity index (χ0) is 7.84. The van der Waals surface area contributed by atoms with Crippen LogP contribution in [-0.4, -0.2) is 0 Å². The Morgan fingerprint density at radius 1 is 1.27 bits per heavy atom. The molecule has 0 unspecified atom stereocenters. The van der Waals surface area contributed by atoms with Crippen molar-refractivity contribution in [3.63, 3.8) is 0 Å². The van der Waals surface area contributed by atoms with Gasteiger partial charge in [-0.25, -0.2) is 0 Å². The van der Waals surface area contributed by atoms with Gasteiger partial charge in [-0.15, -0.1) is 11.3 Å². The molecule has 0 aliphatic rings. The quantitative estimate of drug-likeness (QED) is 0.638. The third-order valence-electron chi connectivity index (χ3n) is 1.76. The molecule has 0 aliphatic heterocycles. The molecular formula is C9H7BrS. The molecule has 11 heavy (non-hydrogen) atoms. The van der Waals surface area contributed by atoms with Crippen molar-refractivity contribution >= 4 is 37.4 Å². The van der Waals surface area contributed by atoms with Crippen LogP contribution in [0.1, 0.15) is 5.56 Å². The smallest absolute Gasteiger partial charge is 0.0383 e. The fourth-order valence-electron chi connectivity index (χ4n) is 1.17. The Hall–Kier alpha value is -0.340. The number of hydrogen-bond acceptors (Lipinski definition) is 1. The van der Waals surface area contributed by atoms with Gasteiger partial charge in [-0.3, -0.25) is 0 Å². The molecule has 1 aromatic carbocycles. The molecule has 0 atom stereocenters. The van der Waals surface area contributed by atoms with E-state index in [1.807, 2.05) is 0 Å². The summed E-state index contributed by atoms with van der Waals surface area (Å²) in [5.41, 5.74) is 1.36. The van der Waals surface area contributed by atoms with E-state index in [0.29, 0.717) is 0 Å². The van der Waals surface area contributed by atoms with E-state index in [1.165, 1.54) is 20.1 Å². The van der Waals surface area contributed by atoms with Crippen LogP contribution in [-0.2, 0) is 0 Å². The third kappa shape index (κ3) is 1.10. The van der Waals surface area contributed by atoms with Gasteiger partial charge in [0, 0.05) is 14.6 Å². The highest BCUT2D eigenvalue weighted by Crippen LogP contribution is 2.30. The van der Waals surface area contributed by atoms with E-state index in [-0.39, 0.29) is 0 Å². The fraction of sp³-hybridized carbons (Fsp3) is 0.111. The molecule has 2 aromatic rings. The van der Waals surface area contributed by atoms with E-state index in [0.717, 1.165) is 0 Å². The van der Waals surface area contributed by atoms with Crippen LogP contribution in [0.3, 0.4) is 0 Å². The topological polar surface area (TPSA) is 0 Å². The Balaban J connectivity index is 2.96. The van der Waals surface area contributed by atoms with Crippen LogP contribution in [0, 0.1) is 6.92 Å². The van der Waals surface area contributed by atoms with Gasteiger partial charge in [-0.05, 0) is 30.0 Å². The van der Waals surface area contributed by atoms with Gasteiger partial charge in [0.15, 0.2) is 0 Å². The van der Waals surface area contributed by atoms with E-state index >= 15 is 0 Å². The first-order valence-corrected chi connectivity index (χ1v) is 5.08. The van der Waals surface area contributed by atoms with Crippen molar-refractivity contribution in [2.24, 2.45) is 0 Å². The van der Waals surface area contributed by atoms with E-state index < -0.39 is 0 Å². The number of fused-ring (bicyclic) bond motifs is 1. The van der Waals surface area contributed by atoms with Crippen molar-refractivity contribution in [3.05, 3.63) is 33.6 Å². The molecule has 2 heteroatoms. The van der Waals surface area contributed by atoms with Crippen molar-refractivity contribution < 1.29 is 0 Å². The molecule has 1 aromatic heterocycles. The zero-order valence-corrected chi connectivity index (χ0v) is 8.50. The minimum atomic E-state index is 1.19. The average molecular weight is 227 g/mol. The predicted molar refractivity (Wildman–Crippen MR) is 54.3 cm³/mol. The van der Waals surface area contributed by atoms with Crippen LogP contribution in [0.25, 0.3) is 10.1 Å². The van der Waals surface area contributed by atoms with Gasteiger partial charge in [0.25, 0.3) is 0 Å². The van der Waals surface area contributed by atoms with Crippen molar-refractivity contribution in [1.29, 1.82) is 0 Å². The second-order valence-corrected chi connectivity index (χ2v) is 4.30. The molecule has 0 aliphatic carbocycles. The summed E-state index contributed by atoms with van der Waals surface area (Å²) in [6, 6.07) is 6.39. The van der Waals surface area contributed by atoms with Gasteiger partial charge in [-0.2, -0.15) is 0 Å². The lowest BCUT2D eigenvalue weighted by Crippen LogP contribution is -1.71. The molecule has 0 radical (unpaired) electrons. The molecule has 0 amide bonds. The number of benzene rings is 1. The van der Waals surface area contributed by atoms with Crippen LogP contribution in [0.4, 0.5) is 0 Å². The lowest BCUT2D eigenvalue weighted by Gasteiger charge is -1.96. The maximum absolute atomic E-state index is 3.52. The average Bonchev–Trinajstić information content (AvgIpc) is 2.45. The van der Waals surface area contributed by atoms with Crippen LogP contribution in [0.15, 0.2) is 28.1 Å². The molecule has 0 saturated heterocycles. The molecule has 0 N–H and O–H groups in total. The van der Waals surface area contributed by atoms with Gasteiger partial charge < -0.3 is 0 Å². The van der Waals surface area contributed by atoms with Crippen LogP contribution < -0.4 is 0 Å². The maximum Gasteiger partial charge on any atom is 0.0383 e. The van der Waals surface area contributed by atoms with E-state index in [2.05, 4.69) is 46.4 Å². The second kappa shape index (κ2) is 2.61. The Morgan fingerprint density at radius 2 is 2.09 bits per heavy atom. The van der Waals surface area contributed by atoms with Crippen LogP contribution in [0.2, 0.25) is 0 Å². The lowest BCUT2D eigenvalue weighted by molar-refractivity contribution is 1.55. The molecule has 0 nitrogen and oxygen atoms in total. The van der Waals surface area contributed by atoms with Gasteiger partial charge in [0.05, 0.1) is 0 Å². The number of aryl methyl sites for hydroxylation is 1. The molecule has 2 rings (SSSR count). The normalized spacial score (nSPS) is 10.7. The number of thiophene rings is 1. The monoisotopic (exact) mass is 226 g/mol. The van der Waals surface area contributed by atoms with Crippen molar-refractivity contribution in [2.75, 3.05) is 0 Å². The number of hydrogen-bond donors (Lipinski definition) is 0. The standard InChI is InChI=1S/C9H7BrS/c1-6-2-3-8(10)7-4-5-11-9(6)7/h2-5H,1H3. The molecule has 1 heterocycles. The second-order valence-electron chi connectivity index (χ2n) is 2.53. The Labute approximate surface area is 78.0 Å². The summed E-state index contributed by atoms with van der Waals surface area (Å²) in [6.07, 6.45) is 0. The summed E-state index contributed by atoms with van der Waals surface area (Å²) >= 11 is 5.31. The van der Waals surface area contributed by atoms with Crippen molar-refractivity contribution in [3.8, 4) is 0 Å². The minimum absolute atomic E-state index is 1.19. The molecular weight excluding hydrogens is 220 g/mol. The highest BCUT2D eigenvalue weighted by molar-refractivity contribution is 9.10. The van der Waals surface area contributed by atoms with Gasteiger partial charge in [-0.1, -0.05) is 22.0 Å². The van der Waals surface area contributed by atoms with E-state index in [4.69, 9.17) is 0 Å². The molecule has 0 saturated carbocycles. The lowest BCUT2D eigenvalue weighted by atomic mass is 10.2. The van der Waals surface area contributed by atoms with Crippen LogP contribution in [0.5, 0.6) is 0 Å². The Kier molecular flexibility index (Phi) is 1.74. The first kappa shape index (κ1) is 7.32. The number of rotatable bonds is 0. The summed E-state index contributed by atoms with van der Waals surface area (Å²) in [6.45, 7) is 2.14. The maximum atomic E-state index is 3.52. The number of halogens is 1. The summed E-state index contributed by atoms with van der Waals surface area (Å²) < 4.78 is 2.58. The SMILES string of the molecule is Cc1ccc(Br)c2ccsc12. The third-order valence-corrected chi connectivity index (χ3v) is 3.50. The molecule has 56 valence electrons. The highest BCUT2D eigenvalue weighted by atomic mass is 79.9. The first-order valence-electron chi connectivity index (χ1n) is 3.41. The van der Waals surface area contributed by atoms with Crippen molar-refractivity contribution in [2.45, 2.75) is 6.92 Å². The summed E-state index contributed by atoms with van der Waals surface area (Å²) in [4.78, 5) is 0. The fourth-order valence-corrected chi connectivity index (χ4v) is 2.66. The van der Waals surface area contributed by atoms with E-state index in [9.17, 15) is 0 Å². The highest BCUT2D eigenvalue weighted by Gasteiger charge is 2.00.